The first-order valence-corrected chi connectivity index (χ1v) is 14.7. The maximum atomic E-state index is 13.9. The van der Waals surface area contributed by atoms with Crippen LogP contribution in [-0.4, -0.2) is 86.6 Å². The molecular weight excluding hydrogens is 558 g/mol. The van der Waals surface area contributed by atoms with E-state index < -0.39 is 52.9 Å². The number of amides is 1. The van der Waals surface area contributed by atoms with Crippen molar-refractivity contribution in [3.63, 3.8) is 0 Å². The zero-order valence-corrected chi connectivity index (χ0v) is 26.2. The van der Waals surface area contributed by atoms with E-state index in [0.29, 0.717) is 6.42 Å². The Bertz CT molecular complexity index is 1210. The molecule has 11 nitrogen and oxygen atoms in total. The van der Waals surface area contributed by atoms with Crippen LogP contribution in [-0.2, 0) is 39.7 Å². The van der Waals surface area contributed by atoms with Gasteiger partial charge in [-0.2, -0.15) is 0 Å². The van der Waals surface area contributed by atoms with E-state index >= 15 is 0 Å². The highest BCUT2D eigenvalue weighted by Gasteiger charge is 2.78. The number of hydrogen-bond donors (Lipinski definition) is 2. The van der Waals surface area contributed by atoms with Crippen LogP contribution in [0.25, 0.3) is 0 Å². The van der Waals surface area contributed by atoms with E-state index in [-0.39, 0.29) is 36.7 Å². The largest absolute Gasteiger partial charge is 0.509 e. The molecule has 2 N–H and O–H groups in total. The molecule has 238 valence electrons. The van der Waals surface area contributed by atoms with Crippen molar-refractivity contribution in [3.05, 3.63) is 42.0 Å². The molecule has 3 fully saturated rings. The second-order valence-corrected chi connectivity index (χ2v) is 12.4. The topological polar surface area (TPSA) is 142 Å². The molecule has 1 aromatic rings. The molecule has 9 atom stereocenters. The molecule has 1 aromatic carbocycles. The third kappa shape index (κ3) is 6.05. The van der Waals surface area contributed by atoms with Crippen molar-refractivity contribution in [2.75, 3.05) is 28.4 Å². The summed E-state index contributed by atoms with van der Waals surface area (Å²) in [6, 6.07) is 7.29. The van der Waals surface area contributed by atoms with Gasteiger partial charge in [-0.05, 0) is 50.3 Å². The zero-order chi connectivity index (χ0) is 31.7. The van der Waals surface area contributed by atoms with E-state index in [2.05, 4.69) is 5.32 Å². The first-order valence-electron chi connectivity index (χ1n) is 14.7. The molecule has 4 rings (SSSR count). The average Bonchev–Trinajstić information content (AvgIpc) is 3.61. The van der Waals surface area contributed by atoms with Gasteiger partial charge in [-0.15, -0.1) is 0 Å². The van der Waals surface area contributed by atoms with Crippen LogP contribution in [0.4, 0.5) is 4.79 Å². The van der Waals surface area contributed by atoms with Crippen molar-refractivity contribution >= 4 is 17.8 Å². The van der Waals surface area contributed by atoms with E-state index in [4.69, 9.17) is 28.4 Å². The number of aliphatic hydroxyl groups is 1. The fraction of sp³-hybridized carbons (Fsp3) is 0.656. The standard InChI is InChI=1S/C32H45NO10/c1-18(26(34)30(3,37)17-24(39-6)40-7)10-9-11-22-27-31(4,42-27)19(2)25-23(16-20-12-14-21(38-5)15-13-20)33-28(35)32(22,25)43-29(36)41-8/h9,11-15,18-19,22-25,27,37H,10,16-17H2,1-8H3,(H,33,35)/b11-9+/t18-,19-,22-,23-,25-,27-,30+,31+,32+/m0/s1. The van der Waals surface area contributed by atoms with Gasteiger partial charge in [-0.25, -0.2) is 4.79 Å². The van der Waals surface area contributed by atoms with Crippen molar-refractivity contribution in [3.8, 4) is 5.75 Å². The van der Waals surface area contributed by atoms with Crippen molar-refractivity contribution in [1.82, 2.24) is 5.32 Å². The first kappa shape index (κ1) is 32.9. The normalized spacial score (nSPS) is 33.3. The Morgan fingerprint density at radius 2 is 1.81 bits per heavy atom. The molecule has 0 bridgehead atoms. The number of fused-ring (bicyclic) bond motifs is 2. The molecule has 1 amide bonds. The summed E-state index contributed by atoms with van der Waals surface area (Å²) in [6.45, 7) is 7.22. The van der Waals surface area contributed by atoms with E-state index in [9.17, 15) is 19.5 Å². The molecular formula is C32H45NO10. The molecule has 2 saturated heterocycles. The lowest BCUT2D eigenvalue weighted by atomic mass is 9.59. The zero-order valence-electron chi connectivity index (χ0n) is 26.2. The predicted octanol–water partition coefficient (Wildman–Crippen LogP) is 3.21. The minimum absolute atomic E-state index is 0.0187. The van der Waals surface area contributed by atoms with Crippen LogP contribution in [0.5, 0.6) is 5.75 Å². The van der Waals surface area contributed by atoms with Crippen LogP contribution < -0.4 is 10.1 Å². The molecule has 2 heterocycles. The highest BCUT2D eigenvalue weighted by Crippen LogP contribution is 2.63. The highest BCUT2D eigenvalue weighted by molar-refractivity contribution is 5.92. The van der Waals surface area contributed by atoms with Gasteiger partial charge in [0.2, 0.25) is 5.60 Å². The summed E-state index contributed by atoms with van der Waals surface area (Å²) in [7, 11) is 5.70. The Morgan fingerprint density at radius 1 is 1.16 bits per heavy atom. The third-order valence-electron chi connectivity index (χ3n) is 9.69. The van der Waals surface area contributed by atoms with Crippen LogP contribution in [0.1, 0.15) is 46.1 Å². The van der Waals surface area contributed by atoms with Gasteiger partial charge in [-0.1, -0.05) is 38.1 Å². The number of methoxy groups -OCH3 is 4. The average molecular weight is 604 g/mol. The number of Topliss-reactive ketones (excluding diaryl/α,β-unsaturated/α-hetero) is 1. The summed E-state index contributed by atoms with van der Waals surface area (Å²) in [6.07, 6.45) is 2.33. The fourth-order valence-electron chi connectivity index (χ4n) is 7.09. The van der Waals surface area contributed by atoms with E-state index in [0.717, 1.165) is 11.3 Å². The third-order valence-corrected chi connectivity index (χ3v) is 9.69. The second-order valence-electron chi connectivity index (χ2n) is 12.4. The minimum atomic E-state index is -1.66. The molecule has 0 unspecified atom stereocenters. The molecule has 0 radical (unpaired) electrons. The first-order chi connectivity index (χ1) is 20.3. The van der Waals surface area contributed by atoms with Gasteiger partial charge in [0, 0.05) is 38.5 Å². The van der Waals surface area contributed by atoms with Gasteiger partial charge in [0.15, 0.2) is 12.1 Å². The number of ether oxygens (including phenoxy) is 6. The Kier molecular flexibility index (Phi) is 9.61. The number of rotatable bonds is 13. The highest BCUT2D eigenvalue weighted by atomic mass is 16.7. The van der Waals surface area contributed by atoms with Crippen LogP contribution in [0.2, 0.25) is 0 Å². The predicted molar refractivity (Wildman–Crippen MR) is 155 cm³/mol. The van der Waals surface area contributed by atoms with Crippen LogP contribution in [0.15, 0.2) is 36.4 Å². The quantitative estimate of drug-likeness (QED) is 0.149. The summed E-state index contributed by atoms with van der Waals surface area (Å²) in [4.78, 5) is 39.8. The van der Waals surface area contributed by atoms with Crippen LogP contribution in [0, 0.1) is 23.7 Å². The van der Waals surface area contributed by atoms with Crippen molar-refractivity contribution in [2.45, 2.75) is 82.2 Å². The summed E-state index contributed by atoms with van der Waals surface area (Å²) in [5.74, 6) is -1.79. The molecule has 2 aliphatic heterocycles. The molecule has 1 aliphatic carbocycles. The Hall–Kier alpha value is -2.99. The summed E-state index contributed by atoms with van der Waals surface area (Å²) < 4.78 is 32.7. The Morgan fingerprint density at radius 3 is 2.40 bits per heavy atom. The number of nitrogens with one attached hydrogen (secondary N) is 1. The fourth-order valence-corrected chi connectivity index (χ4v) is 7.09. The molecule has 43 heavy (non-hydrogen) atoms. The summed E-state index contributed by atoms with van der Waals surface area (Å²) in [5.41, 5.74) is -2.79. The Labute approximate surface area is 253 Å². The molecule has 11 heteroatoms. The van der Waals surface area contributed by atoms with Gasteiger partial charge >= 0.3 is 6.16 Å². The lowest BCUT2D eigenvalue weighted by Gasteiger charge is -2.45. The molecule has 0 aromatic heterocycles. The van der Waals surface area contributed by atoms with Crippen molar-refractivity contribution in [2.24, 2.45) is 23.7 Å². The lowest BCUT2D eigenvalue weighted by molar-refractivity contribution is -0.161. The number of allylic oxidation sites excluding steroid dienone is 1. The summed E-state index contributed by atoms with van der Waals surface area (Å²) >= 11 is 0. The van der Waals surface area contributed by atoms with E-state index in [1.165, 1.54) is 28.3 Å². The van der Waals surface area contributed by atoms with Gasteiger partial charge in [0.05, 0.1) is 31.8 Å². The number of benzene rings is 1. The number of ketones is 1. The summed E-state index contributed by atoms with van der Waals surface area (Å²) in [5, 5.41) is 14.0. The van der Waals surface area contributed by atoms with Crippen molar-refractivity contribution < 1.29 is 47.9 Å². The van der Waals surface area contributed by atoms with Crippen molar-refractivity contribution in [1.29, 1.82) is 0 Å². The van der Waals surface area contributed by atoms with Gasteiger partial charge in [0.25, 0.3) is 5.91 Å². The minimum Gasteiger partial charge on any atom is -0.497 e. The van der Waals surface area contributed by atoms with Gasteiger partial charge in [-0.3, -0.25) is 9.59 Å². The van der Waals surface area contributed by atoms with Crippen LogP contribution >= 0.6 is 0 Å². The lowest BCUT2D eigenvalue weighted by Crippen LogP contribution is -2.61. The number of carbonyl (C=O) groups is 3. The molecule has 3 aliphatic rings. The van der Waals surface area contributed by atoms with Gasteiger partial charge < -0.3 is 38.8 Å². The second kappa shape index (κ2) is 12.6. The smallest absolute Gasteiger partial charge is 0.497 e. The van der Waals surface area contributed by atoms with E-state index in [1.807, 2.05) is 44.2 Å². The SMILES string of the molecule is COC(=O)O[C@@]12C(=O)N[C@@H](Cc3ccc(OC)cc3)[C@@H]1[C@H](C)[C@@]1(C)O[C@H]1[C@@H]2/C=C/C[C@H](C)C(=O)[C@](C)(O)CC(OC)OC. The van der Waals surface area contributed by atoms with Crippen LogP contribution in [0.3, 0.4) is 0 Å². The molecule has 0 spiro atoms. The molecule has 1 saturated carbocycles. The number of epoxide rings is 1. The number of hydrogen-bond acceptors (Lipinski definition) is 10. The number of carbonyl (C=O) groups excluding carboxylic acids is 3. The van der Waals surface area contributed by atoms with Gasteiger partial charge in [0.1, 0.15) is 11.4 Å². The maximum absolute atomic E-state index is 13.9. The maximum Gasteiger partial charge on any atom is 0.509 e. The van der Waals surface area contributed by atoms with E-state index in [1.54, 1.807) is 20.1 Å². The Balaban J connectivity index is 1.62. The monoisotopic (exact) mass is 603 g/mol.